The Morgan fingerprint density at radius 2 is 2.00 bits per heavy atom. The van der Waals surface area contributed by atoms with E-state index >= 15 is 0 Å². The van der Waals surface area contributed by atoms with Crippen molar-refractivity contribution in [3.8, 4) is 0 Å². The molecule has 1 aromatic heterocycles. The molecule has 3 rings (SSSR count). The van der Waals surface area contributed by atoms with Gasteiger partial charge in [-0.15, -0.1) is 0 Å². The molecule has 0 bridgehead atoms. The highest BCUT2D eigenvalue weighted by atomic mass is 35.5. The number of benzene rings is 1. The number of rotatable bonds is 3. The normalized spacial score (nSPS) is 19.6. The number of halogens is 1. The van der Waals surface area contributed by atoms with Crippen molar-refractivity contribution < 1.29 is 0 Å². The number of pyridine rings is 1. The summed E-state index contributed by atoms with van der Waals surface area (Å²) in [5.74, 6) is 0.578. The van der Waals surface area contributed by atoms with Crippen LogP contribution in [0.1, 0.15) is 35.7 Å². The number of hydrogen-bond donors (Lipinski definition) is 0. The maximum Gasteiger partial charge on any atom is 0.0450 e. The Hall–Kier alpha value is -1.38. The second-order valence-electron chi connectivity index (χ2n) is 5.96. The van der Waals surface area contributed by atoms with Gasteiger partial charge in [-0.2, -0.15) is 0 Å². The summed E-state index contributed by atoms with van der Waals surface area (Å²) in [6.45, 7) is 2.33. The van der Waals surface area contributed by atoms with Crippen LogP contribution in [0.25, 0.3) is 0 Å². The Morgan fingerprint density at radius 1 is 1.19 bits per heavy atom. The molecule has 0 unspecified atom stereocenters. The van der Waals surface area contributed by atoms with Gasteiger partial charge in [0.15, 0.2) is 0 Å². The third kappa shape index (κ3) is 3.84. The van der Waals surface area contributed by atoms with E-state index < -0.39 is 0 Å². The van der Waals surface area contributed by atoms with Gasteiger partial charge < -0.3 is 4.90 Å². The van der Waals surface area contributed by atoms with Crippen LogP contribution in [0.4, 0.5) is 0 Å². The maximum atomic E-state index is 5.93. The van der Waals surface area contributed by atoms with Crippen LogP contribution < -0.4 is 0 Å². The molecule has 1 aromatic carbocycles. The predicted molar refractivity (Wildman–Crippen MR) is 88.0 cm³/mol. The first kappa shape index (κ1) is 14.6. The smallest absolute Gasteiger partial charge is 0.0450 e. The molecule has 21 heavy (non-hydrogen) atoms. The summed E-state index contributed by atoms with van der Waals surface area (Å²) in [7, 11) is 2.20. The number of likely N-dealkylation sites (tertiary alicyclic amines) is 1. The van der Waals surface area contributed by atoms with Crippen molar-refractivity contribution in [1.29, 1.82) is 0 Å². The van der Waals surface area contributed by atoms with Crippen molar-refractivity contribution in [1.82, 2.24) is 9.88 Å². The molecule has 3 heteroatoms. The number of piperidine rings is 1. The molecule has 1 aliphatic rings. The van der Waals surface area contributed by atoms with Crippen LogP contribution in [-0.4, -0.2) is 30.0 Å². The van der Waals surface area contributed by atoms with Gasteiger partial charge in [0, 0.05) is 35.3 Å². The lowest BCUT2D eigenvalue weighted by Crippen LogP contribution is -2.31. The van der Waals surface area contributed by atoms with Gasteiger partial charge in [-0.25, -0.2) is 0 Å². The third-order valence-corrected chi connectivity index (χ3v) is 4.42. The van der Waals surface area contributed by atoms with Gasteiger partial charge >= 0.3 is 0 Å². The number of hydrogen-bond acceptors (Lipinski definition) is 2. The highest BCUT2D eigenvalue weighted by molar-refractivity contribution is 6.30. The summed E-state index contributed by atoms with van der Waals surface area (Å²) in [5.41, 5.74) is 3.64. The molecule has 2 nitrogen and oxygen atoms in total. The summed E-state index contributed by atoms with van der Waals surface area (Å²) in [6, 6.07) is 14.5. The monoisotopic (exact) mass is 300 g/mol. The molecule has 1 atom stereocenters. The fraction of sp³-hybridized carbons (Fsp3) is 0.389. The van der Waals surface area contributed by atoms with E-state index in [0.717, 1.165) is 23.7 Å². The van der Waals surface area contributed by atoms with Crippen LogP contribution in [0.3, 0.4) is 0 Å². The molecule has 2 heterocycles. The summed E-state index contributed by atoms with van der Waals surface area (Å²) in [5, 5.41) is 0.783. The topological polar surface area (TPSA) is 16.1 Å². The summed E-state index contributed by atoms with van der Waals surface area (Å²) >= 11 is 5.93. The van der Waals surface area contributed by atoms with E-state index in [1.54, 1.807) is 0 Å². The Kier molecular flexibility index (Phi) is 4.57. The molecule has 110 valence electrons. The molecular weight excluding hydrogens is 280 g/mol. The fourth-order valence-corrected chi connectivity index (χ4v) is 3.17. The standard InChI is InChI=1S/C18H21ClN2/c1-21-11-3-4-15(13-21)18-6-2-5-17(20-18)12-14-7-9-16(19)10-8-14/h2,5-10,15H,3-4,11-13H2,1H3/t15-/m0/s1. The van der Waals surface area contributed by atoms with Gasteiger partial charge in [-0.3, -0.25) is 4.98 Å². The van der Waals surface area contributed by atoms with Crippen LogP contribution in [0.5, 0.6) is 0 Å². The Bertz CT molecular complexity index is 594. The van der Waals surface area contributed by atoms with E-state index in [4.69, 9.17) is 16.6 Å². The van der Waals surface area contributed by atoms with Crippen LogP contribution in [-0.2, 0) is 6.42 Å². The lowest BCUT2D eigenvalue weighted by molar-refractivity contribution is 0.248. The quantitative estimate of drug-likeness (QED) is 0.847. The minimum absolute atomic E-state index is 0.578. The van der Waals surface area contributed by atoms with Crippen molar-refractivity contribution >= 4 is 11.6 Å². The van der Waals surface area contributed by atoms with Crippen LogP contribution in [0.2, 0.25) is 5.02 Å². The molecule has 0 aliphatic carbocycles. The van der Waals surface area contributed by atoms with E-state index in [1.165, 1.54) is 30.6 Å². The van der Waals surface area contributed by atoms with Gasteiger partial charge in [-0.05, 0) is 56.3 Å². The maximum absolute atomic E-state index is 5.93. The Morgan fingerprint density at radius 3 is 2.76 bits per heavy atom. The van der Waals surface area contributed by atoms with E-state index in [0.29, 0.717) is 5.92 Å². The van der Waals surface area contributed by atoms with Gasteiger partial charge in [0.2, 0.25) is 0 Å². The summed E-state index contributed by atoms with van der Waals surface area (Å²) in [4.78, 5) is 7.29. The minimum Gasteiger partial charge on any atom is -0.306 e. The van der Waals surface area contributed by atoms with Crippen LogP contribution in [0, 0.1) is 0 Å². The van der Waals surface area contributed by atoms with Crippen molar-refractivity contribution in [2.24, 2.45) is 0 Å². The average Bonchev–Trinajstić information content (AvgIpc) is 2.50. The lowest BCUT2D eigenvalue weighted by atomic mass is 9.94. The van der Waals surface area contributed by atoms with Crippen LogP contribution >= 0.6 is 11.6 Å². The van der Waals surface area contributed by atoms with Crippen molar-refractivity contribution in [3.63, 3.8) is 0 Å². The van der Waals surface area contributed by atoms with Gasteiger partial charge in [-0.1, -0.05) is 29.8 Å². The lowest BCUT2D eigenvalue weighted by Gasteiger charge is -2.29. The molecule has 1 aliphatic heterocycles. The largest absolute Gasteiger partial charge is 0.306 e. The highest BCUT2D eigenvalue weighted by Crippen LogP contribution is 2.25. The Balaban J connectivity index is 1.75. The Labute approximate surface area is 131 Å². The van der Waals surface area contributed by atoms with E-state index in [-0.39, 0.29) is 0 Å². The predicted octanol–water partition coefficient (Wildman–Crippen LogP) is 4.14. The molecule has 0 amide bonds. The first-order valence-corrected chi connectivity index (χ1v) is 7.97. The second kappa shape index (κ2) is 6.59. The van der Waals surface area contributed by atoms with Crippen molar-refractivity contribution in [2.45, 2.75) is 25.2 Å². The van der Waals surface area contributed by atoms with E-state index in [2.05, 4.69) is 42.3 Å². The second-order valence-corrected chi connectivity index (χ2v) is 6.39. The highest BCUT2D eigenvalue weighted by Gasteiger charge is 2.20. The minimum atomic E-state index is 0.578. The molecule has 2 aromatic rings. The fourth-order valence-electron chi connectivity index (χ4n) is 3.04. The zero-order chi connectivity index (χ0) is 14.7. The molecule has 0 saturated carbocycles. The number of nitrogens with zero attached hydrogens (tertiary/aromatic N) is 2. The van der Waals surface area contributed by atoms with Crippen molar-refractivity contribution in [2.75, 3.05) is 20.1 Å². The average molecular weight is 301 g/mol. The first-order chi connectivity index (χ1) is 10.2. The molecule has 0 N–H and O–H groups in total. The molecular formula is C18H21ClN2. The SMILES string of the molecule is CN1CCC[C@H](c2cccc(Cc3ccc(Cl)cc3)n2)C1. The van der Waals surface area contributed by atoms with Gasteiger partial charge in [0.1, 0.15) is 0 Å². The molecule has 0 spiro atoms. The summed E-state index contributed by atoms with van der Waals surface area (Å²) in [6.07, 6.45) is 3.39. The van der Waals surface area contributed by atoms with Crippen LogP contribution in [0.15, 0.2) is 42.5 Å². The van der Waals surface area contributed by atoms with Crippen molar-refractivity contribution in [3.05, 3.63) is 64.4 Å². The molecule has 0 radical (unpaired) electrons. The number of aromatic nitrogens is 1. The molecule has 1 saturated heterocycles. The zero-order valence-electron chi connectivity index (χ0n) is 12.4. The van der Waals surface area contributed by atoms with Gasteiger partial charge in [0.05, 0.1) is 0 Å². The molecule has 1 fully saturated rings. The van der Waals surface area contributed by atoms with Gasteiger partial charge in [0.25, 0.3) is 0 Å². The first-order valence-electron chi connectivity index (χ1n) is 7.59. The van der Waals surface area contributed by atoms with E-state index in [1.807, 2.05) is 12.1 Å². The zero-order valence-corrected chi connectivity index (χ0v) is 13.2. The third-order valence-electron chi connectivity index (χ3n) is 4.17. The number of likely N-dealkylation sites (N-methyl/N-ethyl adjacent to an activating group) is 1. The van der Waals surface area contributed by atoms with E-state index in [9.17, 15) is 0 Å². The summed E-state index contributed by atoms with van der Waals surface area (Å²) < 4.78 is 0.